The molecule has 90 valence electrons. The van der Waals surface area contributed by atoms with Crippen LogP contribution in [0, 0.1) is 0 Å². The lowest BCUT2D eigenvalue weighted by Crippen LogP contribution is -2.33. The van der Waals surface area contributed by atoms with E-state index < -0.39 is 0 Å². The fourth-order valence-electron chi connectivity index (χ4n) is 2.52. The molecule has 1 rings (SSSR count). The molecule has 1 saturated heterocycles. The molecule has 0 amide bonds. The first-order valence-corrected chi connectivity index (χ1v) is 7.17. The molecule has 0 bridgehead atoms. The minimum Gasteiger partial charge on any atom is -0.314 e. The van der Waals surface area contributed by atoms with Crippen LogP contribution in [0.25, 0.3) is 0 Å². The third-order valence-electron chi connectivity index (χ3n) is 3.57. The predicted octanol–water partition coefficient (Wildman–Crippen LogP) is 4.27. The van der Waals surface area contributed by atoms with Crippen LogP contribution in [0.2, 0.25) is 0 Å². The number of rotatable bonds is 8. The Labute approximate surface area is 96.0 Å². The van der Waals surface area contributed by atoms with Crippen LogP contribution in [0.4, 0.5) is 0 Å². The number of piperidine rings is 1. The van der Waals surface area contributed by atoms with Gasteiger partial charge in [0.1, 0.15) is 0 Å². The summed E-state index contributed by atoms with van der Waals surface area (Å²) in [5.74, 6) is 0. The summed E-state index contributed by atoms with van der Waals surface area (Å²) in [6.07, 6.45) is 15.8. The maximum absolute atomic E-state index is 3.63. The zero-order chi connectivity index (χ0) is 10.8. The van der Waals surface area contributed by atoms with Crippen LogP contribution >= 0.6 is 0 Å². The summed E-state index contributed by atoms with van der Waals surface area (Å²) in [5, 5.41) is 3.63. The van der Waals surface area contributed by atoms with Crippen LogP contribution in [0.1, 0.15) is 77.6 Å². The molecule has 1 aliphatic heterocycles. The summed E-state index contributed by atoms with van der Waals surface area (Å²) < 4.78 is 0. The Hall–Kier alpha value is -0.0400. The molecule has 1 heteroatoms. The summed E-state index contributed by atoms with van der Waals surface area (Å²) in [5.41, 5.74) is 0. The lowest BCUT2D eigenvalue weighted by Gasteiger charge is -2.23. The summed E-state index contributed by atoms with van der Waals surface area (Å²) in [6.45, 7) is 3.55. The Bertz CT molecular complexity index is 127. The van der Waals surface area contributed by atoms with Crippen molar-refractivity contribution in [2.24, 2.45) is 0 Å². The van der Waals surface area contributed by atoms with E-state index in [4.69, 9.17) is 0 Å². The average Bonchev–Trinajstić information content (AvgIpc) is 2.29. The largest absolute Gasteiger partial charge is 0.314 e. The second-order valence-electron chi connectivity index (χ2n) is 5.06. The number of hydrogen-bond donors (Lipinski definition) is 1. The summed E-state index contributed by atoms with van der Waals surface area (Å²) >= 11 is 0. The Kier molecular flexibility index (Phi) is 7.99. The molecule has 1 N–H and O–H groups in total. The van der Waals surface area contributed by atoms with Crippen LogP contribution in [0.5, 0.6) is 0 Å². The number of unbranched alkanes of at least 4 members (excludes halogenated alkanes) is 6. The van der Waals surface area contributed by atoms with E-state index in [9.17, 15) is 0 Å². The summed E-state index contributed by atoms with van der Waals surface area (Å²) in [4.78, 5) is 0. The first-order chi connectivity index (χ1) is 7.43. The highest BCUT2D eigenvalue weighted by atomic mass is 14.9. The van der Waals surface area contributed by atoms with Crippen molar-refractivity contribution in [3.63, 3.8) is 0 Å². The van der Waals surface area contributed by atoms with Crippen molar-refractivity contribution in [3.8, 4) is 0 Å². The smallest absolute Gasteiger partial charge is 0.00670 e. The molecule has 0 radical (unpaired) electrons. The molecule has 0 aromatic rings. The molecule has 0 aromatic heterocycles. The summed E-state index contributed by atoms with van der Waals surface area (Å²) in [6, 6.07) is 0.856. The Morgan fingerprint density at radius 2 is 1.67 bits per heavy atom. The molecule has 1 nitrogen and oxygen atoms in total. The maximum Gasteiger partial charge on any atom is 0.00670 e. The zero-order valence-electron chi connectivity index (χ0n) is 10.6. The van der Waals surface area contributed by atoms with E-state index in [1.807, 2.05) is 0 Å². The van der Waals surface area contributed by atoms with Crippen molar-refractivity contribution < 1.29 is 0 Å². The molecular weight excluding hydrogens is 182 g/mol. The molecular formula is C14H29N. The second kappa shape index (κ2) is 9.21. The van der Waals surface area contributed by atoms with Gasteiger partial charge in [0, 0.05) is 6.04 Å². The molecule has 15 heavy (non-hydrogen) atoms. The van der Waals surface area contributed by atoms with Crippen molar-refractivity contribution in [2.45, 2.75) is 83.6 Å². The van der Waals surface area contributed by atoms with E-state index in [-0.39, 0.29) is 0 Å². The van der Waals surface area contributed by atoms with Gasteiger partial charge in [-0.25, -0.2) is 0 Å². The van der Waals surface area contributed by atoms with E-state index >= 15 is 0 Å². The first-order valence-electron chi connectivity index (χ1n) is 7.17. The first kappa shape index (κ1) is 13.0. The van der Waals surface area contributed by atoms with Crippen LogP contribution in [0.3, 0.4) is 0 Å². The van der Waals surface area contributed by atoms with E-state index in [1.165, 1.54) is 77.2 Å². The van der Waals surface area contributed by atoms with Crippen molar-refractivity contribution in [1.82, 2.24) is 5.32 Å². The predicted molar refractivity (Wildman–Crippen MR) is 68.3 cm³/mol. The molecule has 0 spiro atoms. The fraction of sp³-hybridized carbons (Fsp3) is 1.00. The van der Waals surface area contributed by atoms with Gasteiger partial charge in [-0.1, -0.05) is 58.3 Å². The van der Waals surface area contributed by atoms with Gasteiger partial charge in [-0.3, -0.25) is 0 Å². The second-order valence-corrected chi connectivity index (χ2v) is 5.06. The quantitative estimate of drug-likeness (QED) is 0.591. The van der Waals surface area contributed by atoms with Gasteiger partial charge in [-0.2, -0.15) is 0 Å². The Balaban J connectivity index is 1.79. The van der Waals surface area contributed by atoms with Gasteiger partial charge in [0.2, 0.25) is 0 Å². The highest BCUT2D eigenvalue weighted by Gasteiger charge is 2.10. The van der Waals surface area contributed by atoms with Crippen molar-refractivity contribution >= 4 is 0 Å². The molecule has 1 atom stereocenters. The number of nitrogens with one attached hydrogen (secondary N) is 1. The fourth-order valence-corrected chi connectivity index (χ4v) is 2.52. The molecule has 1 fully saturated rings. The molecule has 0 aliphatic carbocycles. The van der Waals surface area contributed by atoms with Crippen LogP contribution in [0.15, 0.2) is 0 Å². The molecule has 1 aliphatic rings. The van der Waals surface area contributed by atoms with Crippen LogP contribution in [-0.2, 0) is 0 Å². The monoisotopic (exact) mass is 211 g/mol. The Morgan fingerprint density at radius 3 is 2.33 bits per heavy atom. The SMILES string of the molecule is CCCCCCCCCC1CCCCN1. The zero-order valence-corrected chi connectivity index (χ0v) is 10.6. The molecule has 0 aromatic carbocycles. The topological polar surface area (TPSA) is 12.0 Å². The van der Waals surface area contributed by atoms with Gasteiger partial charge < -0.3 is 5.32 Å². The summed E-state index contributed by atoms with van der Waals surface area (Å²) in [7, 11) is 0. The van der Waals surface area contributed by atoms with Gasteiger partial charge in [0.05, 0.1) is 0 Å². The van der Waals surface area contributed by atoms with Gasteiger partial charge in [-0.05, 0) is 25.8 Å². The maximum atomic E-state index is 3.63. The molecule has 0 saturated carbocycles. The van der Waals surface area contributed by atoms with Gasteiger partial charge in [-0.15, -0.1) is 0 Å². The molecule has 1 heterocycles. The van der Waals surface area contributed by atoms with Gasteiger partial charge in [0.15, 0.2) is 0 Å². The third-order valence-corrected chi connectivity index (χ3v) is 3.57. The highest BCUT2D eigenvalue weighted by Crippen LogP contribution is 2.14. The average molecular weight is 211 g/mol. The van der Waals surface area contributed by atoms with Crippen LogP contribution < -0.4 is 5.32 Å². The van der Waals surface area contributed by atoms with E-state index in [0.29, 0.717) is 0 Å². The minimum atomic E-state index is 0.856. The van der Waals surface area contributed by atoms with Crippen molar-refractivity contribution in [2.75, 3.05) is 6.54 Å². The lowest BCUT2D eigenvalue weighted by molar-refractivity contribution is 0.370. The van der Waals surface area contributed by atoms with E-state index in [1.54, 1.807) is 0 Å². The third kappa shape index (κ3) is 6.94. The lowest BCUT2D eigenvalue weighted by atomic mass is 9.98. The van der Waals surface area contributed by atoms with Crippen LogP contribution in [-0.4, -0.2) is 12.6 Å². The van der Waals surface area contributed by atoms with E-state index in [2.05, 4.69) is 12.2 Å². The van der Waals surface area contributed by atoms with Gasteiger partial charge in [0.25, 0.3) is 0 Å². The number of hydrogen-bond acceptors (Lipinski definition) is 1. The highest BCUT2D eigenvalue weighted by molar-refractivity contribution is 4.71. The minimum absolute atomic E-state index is 0.856. The normalized spacial score (nSPS) is 21.8. The van der Waals surface area contributed by atoms with Gasteiger partial charge >= 0.3 is 0 Å². The Morgan fingerprint density at radius 1 is 0.933 bits per heavy atom. The van der Waals surface area contributed by atoms with Crippen molar-refractivity contribution in [3.05, 3.63) is 0 Å². The van der Waals surface area contributed by atoms with Crippen molar-refractivity contribution in [1.29, 1.82) is 0 Å². The van der Waals surface area contributed by atoms with E-state index in [0.717, 1.165) is 6.04 Å². The molecule has 1 unspecified atom stereocenters. The standard InChI is InChI=1S/C14H29N/c1-2-3-4-5-6-7-8-11-14-12-9-10-13-15-14/h14-15H,2-13H2,1H3.